The van der Waals surface area contributed by atoms with E-state index >= 15 is 0 Å². The summed E-state index contributed by atoms with van der Waals surface area (Å²) in [5.74, 6) is 1.02. The molecule has 0 saturated carbocycles. The van der Waals surface area contributed by atoms with Gasteiger partial charge in [0.1, 0.15) is 5.75 Å². The van der Waals surface area contributed by atoms with Gasteiger partial charge in [0.15, 0.2) is 6.10 Å². The Morgan fingerprint density at radius 2 is 2.00 bits per heavy atom. The van der Waals surface area contributed by atoms with Crippen LogP contribution in [0.1, 0.15) is 58.6 Å². The molecule has 1 aliphatic heterocycles. The van der Waals surface area contributed by atoms with E-state index in [-0.39, 0.29) is 17.9 Å². The van der Waals surface area contributed by atoms with E-state index in [0.717, 1.165) is 42.8 Å². The molecule has 2 atom stereocenters. The Bertz CT molecular complexity index is 526. The number of hydrogen-bond acceptors (Lipinski definition) is 3. The van der Waals surface area contributed by atoms with E-state index < -0.39 is 6.10 Å². The van der Waals surface area contributed by atoms with Gasteiger partial charge in [0.25, 0.3) is 5.91 Å². The minimum Gasteiger partial charge on any atom is -0.478 e. The number of nitrogens with two attached hydrogens (primary N) is 1. The summed E-state index contributed by atoms with van der Waals surface area (Å²) in [6, 6.07) is 5.88. The molecule has 4 heteroatoms. The summed E-state index contributed by atoms with van der Waals surface area (Å²) in [7, 11) is 0. The molecule has 0 aromatic heterocycles. The second kappa shape index (κ2) is 7.14. The maximum Gasteiger partial charge on any atom is 0.268 e. The smallest absolute Gasteiger partial charge is 0.268 e. The normalized spacial score (nSPS) is 19.1. The van der Waals surface area contributed by atoms with Crippen LogP contribution in [0.25, 0.3) is 0 Å². The second-order valence-corrected chi connectivity index (χ2v) is 6.50. The highest BCUT2D eigenvalue weighted by Crippen LogP contribution is 2.37. The number of carbonyl (C=O) groups excluding carboxylic acids is 1. The van der Waals surface area contributed by atoms with Crippen LogP contribution in [0.4, 0.5) is 5.69 Å². The summed E-state index contributed by atoms with van der Waals surface area (Å²) in [4.78, 5) is 14.7. The molecule has 1 aromatic rings. The molecule has 1 aliphatic rings. The number of nitrogens with zero attached hydrogens (tertiary/aromatic N) is 1. The van der Waals surface area contributed by atoms with Crippen molar-refractivity contribution < 1.29 is 9.53 Å². The summed E-state index contributed by atoms with van der Waals surface area (Å²) in [5.41, 5.74) is 7.87. The van der Waals surface area contributed by atoms with Gasteiger partial charge >= 0.3 is 0 Å². The first kappa shape index (κ1) is 16.8. The van der Waals surface area contributed by atoms with Crippen molar-refractivity contribution in [3.63, 3.8) is 0 Å². The van der Waals surface area contributed by atoms with Gasteiger partial charge in [-0.05, 0) is 37.0 Å². The Hall–Kier alpha value is -1.55. The minimum absolute atomic E-state index is 0.0549. The molecular weight excluding hydrogens is 276 g/mol. The highest BCUT2D eigenvalue weighted by molar-refractivity contribution is 6.00. The predicted octanol–water partition coefficient (Wildman–Crippen LogP) is 3.65. The fourth-order valence-corrected chi connectivity index (χ4v) is 2.76. The summed E-state index contributed by atoms with van der Waals surface area (Å²) in [5, 5.41) is 0. The lowest BCUT2D eigenvalue weighted by Crippen LogP contribution is -2.48. The number of rotatable bonds is 6. The third-order valence-corrected chi connectivity index (χ3v) is 4.15. The highest BCUT2D eigenvalue weighted by Gasteiger charge is 2.36. The molecule has 0 fully saturated rings. The van der Waals surface area contributed by atoms with Crippen LogP contribution < -0.4 is 15.4 Å². The monoisotopic (exact) mass is 304 g/mol. The van der Waals surface area contributed by atoms with Gasteiger partial charge in [-0.25, -0.2) is 0 Å². The number of benzene rings is 1. The molecule has 0 bridgehead atoms. The zero-order chi connectivity index (χ0) is 16.3. The van der Waals surface area contributed by atoms with Gasteiger partial charge in [0, 0.05) is 12.6 Å². The van der Waals surface area contributed by atoms with Gasteiger partial charge < -0.3 is 15.4 Å². The van der Waals surface area contributed by atoms with E-state index in [1.165, 1.54) is 0 Å². The van der Waals surface area contributed by atoms with E-state index in [1.54, 1.807) is 0 Å². The number of ether oxygens (including phenoxy) is 1. The number of carbonyl (C=O) groups is 1. The molecule has 0 saturated heterocycles. The molecule has 0 spiro atoms. The Labute approximate surface area is 133 Å². The molecule has 2 rings (SSSR count). The summed E-state index contributed by atoms with van der Waals surface area (Å²) < 4.78 is 5.94. The third-order valence-electron chi connectivity index (χ3n) is 4.15. The van der Waals surface area contributed by atoms with Crippen LogP contribution in [0.2, 0.25) is 0 Å². The Kier molecular flexibility index (Phi) is 5.46. The molecule has 2 N–H and O–H groups in total. The average Bonchev–Trinajstić information content (AvgIpc) is 2.48. The lowest BCUT2D eigenvalue weighted by atomic mass is 10.0. The van der Waals surface area contributed by atoms with Gasteiger partial charge in [0.2, 0.25) is 0 Å². The quantitative estimate of drug-likeness (QED) is 0.816. The minimum atomic E-state index is -0.393. The maximum absolute atomic E-state index is 12.8. The van der Waals surface area contributed by atoms with Gasteiger partial charge in [-0.3, -0.25) is 4.79 Å². The van der Waals surface area contributed by atoms with E-state index in [4.69, 9.17) is 10.5 Å². The van der Waals surface area contributed by atoms with Gasteiger partial charge in [-0.15, -0.1) is 0 Å². The van der Waals surface area contributed by atoms with Crippen molar-refractivity contribution in [3.8, 4) is 5.75 Å². The summed E-state index contributed by atoms with van der Waals surface area (Å²) >= 11 is 0. The van der Waals surface area contributed by atoms with Crippen LogP contribution in [-0.2, 0) is 4.79 Å². The lowest BCUT2D eigenvalue weighted by Gasteiger charge is -2.36. The topological polar surface area (TPSA) is 55.6 Å². The zero-order valence-electron chi connectivity index (χ0n) is 14.1. The molecule has 22 heavy (non-hydrogen) atoms. The maximum atomic E-state index is 12.8. The Balaban J connectivity index is 2.35. The third kappa shape index (κ3) is 3.43. The molecule has 0 radical (unpaired) electrons. The zero-order valence-corrected chi connectivity index (χ0v) is 14.1. The van der Waals surface area contributed by atoms with Gasteiger partial charge in [-0.2, -0.15) is 0 Å². The Morgan fingerprint density at radius 3 is 2.59 bits per heavy atom. The second-order valence-electron chi connectivity index (χ2n) is 6.50. The van der Waals surface area contributed by atoms with Crippen molar-refractivity contribution >= 4 is 11.6 Å². The first-order chi connectivity index (χ1) is 10.5. The number of hydrogen-bond donors (Lipinski definition) is 1. The molecule has 4 nitrogen and oxygen atoms in total. The van der Waals surface area contributed by atoms with Crippen LogP contribution in [0.15, 0.2) is 18.2 Å². The molecule has 1 amide bonds. The fraction of sp³-hybridized carbons (Fsp3) is 0.611. The van der Waals surface area contributed by atoms with E-state index in [9.17, 15) is 4.79 Å². The summed E-state index contributed by atoms with van der Waals surface area (Å²) in [6.07, 6.45) is 2.88. The lowest BCUT2D eigenvalue weighted by molar-refractivity contribution is -0.128. The summed E-state index contributed by atoms with van der Waals surface area (Å²) in [6.45, 7) is 8.91. The SMILES string of the molecule is CCCCCN1C(=O)C(C(C)C)Oc2ccc(C(C)N)cc21. The fourth-order valence-electron chi connectivity index (χ4n) is 2.76. The molecule has 2 unspecified atom stereocenters. The standard InChI is InChI=1S/C18H28N2O2/c1-5-6-7-10-20-15-11-14(13(4)19)8-9-16(15)22-17(12(2)3)18(20)21/h8-9,11-13,17H,5-7,10,19H2,1-4H3. The number of amides is 1. The molecule has 122 valence electrons. The number of unbranched alkanes of at least 4 members (excludes halogenated alkanes) is 2. The van der Waals surface area contributed by atoms with Crippen LogP contribution in [0, 0.1) is 5.92 Å². The van der Waals surface area contributed by atoms with Gasteiger partial charge in [-0.1, -0.05) is 39.7 Å². The molecule has 1 heterocycles. The highest BCUT2D eigenvalue weighted by atomic mass is 16.5. The van der Waals surface area contributed by atoms with Crippen LogP contribution >= 0.6 is 0 Å². The van der Waals surface area contributed by atoms with Crippen molar-refractivity contribution in [2.45, 2.75) is 59.1 Å². The van der Waals surface area contributed by atoms with Crippen molar-refractivity contribution in [1.82, 2.24) is 0 Å². The molecular formula is C18H28N2O2. The van der Waals surface area contributed by atoms with Crippen LogP contribution in [0.5, 0.6) is 5.75 Å². The average molecular weight is 304 g/mol. The van der Waals surface area contributed by atoms with Crippen molar-refractivity contribution in [2.75, 3.05) is 11.4 Å². The molecule has 1 aromatic carbocycles. The van der Waals surface area contributed by atoms with E-state index in [1.807, 2.05) is 43.9 Å². The predicted molar refractivity (Wildman–Crippen MR) is 90.2 cm³/mol. The van der Waals surface area contributed by atoms with E-state index in [0.29, 0.717) is 0 Å². The van der Waals surface area contributed by atoms with Crippen molar-refractivity contribution in [2.24, 2.45) is 11.7 Å². The van der Waals surface area contributed by atoms with Crippen molar-refractivity contribution in [3.05, 3.63) is 23.8 Å². The number of fused-ring (bicyclic) bond motifs is 1. The van der Waals surface area contributed by atoms with Crippen molar-refractivity contribution in [1.29, 1.82) is 0 Å². The van der Waals surface area contributed by atoms with Crippen LogP contribution in [0.3, 0.4) is 0 Å². The number of anilines is 1. The largest absolute Gasteiger partial charge is 0.478 e. The van der Waals surface area contributed by atoms with Gasteiger partial charge in [0.05, 0.1) is 5.69 Å². The molecule has 0 aliphatic carbocycles. The Morgan fingerprint density at radius 1 is 1.27 bits per heavy atom. The first-order valence-electron chi connectivity index (χ1n) is 8.33. The van der Waals surface area contributed by atoms with Crippen LogP contribution in [-0.4, -0.2) is 18.6 Å². The first-order valence-corrected chi connectivity index (χ1v) is 8.33. The van der Waals surface area contributed by atoms with E-state index in [2.05, 4.69) is 6.92 Å².